The number of hydrogen-bond donors (Lipinski definition) is 2. The standard InChI is InChI=1S/C22H21N5OS2.C2HF3O2/c28-21(25-12-19-16-30-22(26-19)20-8-5-11-29-20)15-27(13-17-6-1-3-9-23-17)14-18-7-2-4-10-24-18;3-2(4,5)1(6)7/h1-11,16H,12-15H2,(H,25,28);(H,6,7). The minimum Gasteiger partial charge on any atom is -0.475 e. The average Bonchev–Trinajstić information content (AvgIpc) is 3.56. The molecule has 37 heavy (non-hydrogen) atoms. The Bertz CT molecular complexity index is 1210. The number of pyridine rings is 2. The van der Waals surface area contributed by atoms with Gasteiger partial charge in [-0.1, -0.05) is 18.2 Å². The summed E-state index contributed by atoms with van der Waals surface area (Å²) in [5.41, 5.74) is 2.71. The number of carboxylic acid groups (broad SMARTS) is 1. The summed E-state index contributed by atoms with van der Waals surface area (Å²) in [5.74, 6) is -2.81. The number of aromatic nitrogens is 3. The van der Waals surface area contributed by atoms with Crippen molar-refractivity contribution in [1.82, 2.24) is 25.2 Å². The van der Waals surface area contributed by atoms with Crippen LogP contribution in [0, 0.1) is 0 Å². The molecule has 2 N–H and O–H groups in total. The molecule has 4 rings (SSSR count). The molecule has 0 atom stereocenters. The van der Waals surface area contributed by atoms with Crippen LogP contribution in [0.4, 0.5) is 13.2 Å². The molecule has 0 saturated carbocycles. The summed E-state index contributed by atoms with van der Waals surface area (Å²) >= 11 is 3.26. The van der Waals surface area contributed by atoms with E-state index in [1.54, 1.807) is 35.1 Å². The topological polar surface area (TPSA) is 108 Å². The van der Waals surface area contributed by atoms with Crippen LogP contribution in [0.3, 0.4) is 0 Å². The fraction of sp³-hybridized carbons (Fsp3) is 0.208. The monoisotopic (exact) mass is 549 g/mol. The number of rotatable bonds is 9. The fourth-order valence-corrected chi connectivity index (χ4v) is 4.59. The molecule has 194 valence electrons. The molecule has 0 aliphatic heterocycles. The Morgan fingerprint density at radius 2 is 1.54 bits per heavy atom. The van der Waals surface area contributed by atoms with Gasteiger partial charge in [-0.2, -0.15) is 13.2 Å². The molecule has 0 bridgehead atoms. The second-order valence-corrected chi connectivity index (χ2v) is 9.29. The number of carbonyl (C=O) groups excluding carboxylic acids is 1. The van der Waals surface area contributed by atoms with Crippen molar-refractivity contribution in [1.29, 1.82) is 0 Å². The maximum absolute atomic E-state index is 12.6. The van der Waals surface area contributed by atoms with Crippen molar-refractivity contribution in [3.8, 4) is 9.88 Å². The highest BCUT2D eigenvalue weighted by atomic mass is 32.1. The van der Waals surface area contributed by atoms with Gasteiger partial charge < -0.3 is 10.4 Å². The zero-order valence-electron chi connectivity index (χ0n) is 19.3. The Morgan fingerprint density at radius 3 is 2.03 bits per heavy atom. The number of nitrogens with zero attached hydrogens (tertiary/aromatic N) is 4. The van der Waals surface area contributed by atoms with Crippen LogP contribution in [-0.4, -0.2) is 49.6 Å². The lowest BCUT2D eigenvalue weighted by Crippen LogP contribution is -2.36. The van der Waals surface area contributed by atoms with Crippen molar-refractivity contribution in [2.24, 2.45) is 0 Å². The molecule has 0 spiro atoms. The van der Waals surface area contributed by atoms with Gasteiger partial charge in [-0.25, -0.2) is 9.78 Å². The molecule has 4 aromatic heterocycles. The number of nitrogens with one attached hydrogen (secondary N) is 1. The third-order valence-electron chi connectivity index (χ3n) is 4.58. The molecule has 0 radical (unpaired) electrons. The third-order valence-corrected chi connectivity index (χ3v) is 6.51. The van der Waals surface area contributed by atoms with Crippen molar-refractivity contribution >= 4 is 34.6 Å². The van der Waals surface area contributed by atoms with E-state index in [2.05, 4.69) is 26.3 Å². The first-order valence-electron chi connectivity index (χ1n) is 10.8. The van der Waals surface area contributed by atoms with E-state index in [-0.39, 0.29) is 12.5 Å². The number of halogens is 3. The van der Waals surface area contributed by atoms with E-state index in [4.69, 9.17) is 9.90 Å². The van der Waals surface area contributed by atoms with Gasteiger partial charge in [0.05, 0.1) is 35.0 Å². The summed E-state index contributed by atoms with van der Waals surface area (Å²) in [6.45, 7) is 1.82. The van der Waals surface area contributed by atoms with Crippen molar-refractivity contribution in [3.05, 3.63) is 88.8 Å². The van der Waals surface area contributed by atoms with Crippen LogP contribution in [-0.2, 0) is 29.2 Å². The summed E-state index contributed by atoms with van der Waals surface area (Å²) in [5, 5.41) is 15.1. The molecule has 0 aliphatic carbocycles. The zero-order chi connectivity index (χ0) is 26.7. The molecule has 1 amide bonds. The van der Waals surface area contributed by atoms with Crippen LogP contribution < -0.4 is 5.32 Å². The Hall–Kier alpha value is -3.68. The van der Waals surface area contributed by atoms with Crippen LogP contribution in [0.2, 0.25) is 0 Å². The Morgan fingerprint density at radius 1 is 0.919 bits per heavy atom. The maximum atomic E-state index is 12.6. The predicted molar refractivity (Wildman–Crippen MR) is 134 cm³/mol. The van der Waals surface area contributed by atoms with Crippen LogP contribution >= 0.6 is 22.7 Å². The summed E-state index contributed by atoms with van der Waals surface area (Å²) in [7, 11) is 0. The Kier molecular flexibility index (Phi) is 10.2. The summed E-state index contributed by atoms with van der Waals surface area (Å²) in [6, 6.07) is 15.7. The molecule has 0 aromatic carbocycles. The highest BCUT2D eigenvalue weighted by Gasteiger charge is 2.38. The average molecular weight is 550 g/mol. The van der Waals surface area contributed by atoms with Gasteiger partial charge in [0.2, 0.25) is 5.91 Å². The lowest BCUT2D eigenvalue weighted by molar-refractivity contribution is -0.192. The first-order chi connectivity index (χ1) is 17.7. The maximum Gasteiger partial charge on any atom is 0.490 e. The minimum absolute atomic E-state index is 0.0486. The number of alkyl halides is 3. The van der Waals surface area contributed by atoms with Crippen LogP contribution in [0.1, 0.15) is 17.1 Å². The van der Waals surface area contributed by atoms with Gasteiger partial charge in [0.1, 0.15) is 5.01 Å². The van der Waals surface area contributed by atoms with Crippen LogP contribution in [0.15, 0.2) is 71.7 Å². The number of thiazole rings is 1. The van der Waals surface area contributed by atoms with Crippen LogP contribution in [0.5, 0.6) is 0 Å². The Labute approximate surface area is 218 Å². The summed E-state index contributed by atoms with van der Waals surface area (Å²) < 4.78 is 31.7. The number of carbonyl (C=O) groups is 2. The smallest absolute Gasteiger partial charge is 0.475 e. The molecule has 0 fully saturated rings. The van der Waals surface area contributed by atoms with Crippen molar-refractivity contribution in [2.75, 3.05) is 6.54 Å². The van der Waals surface area contributed by atoms with Crippen molar-refractivity contribution in [2.45, 2.75) is 25.8 Å². The first-order valence-corrected chi connectivity index (χ1v) is 12.5. The molecule has 0 saturated heterocycles. The molecular weight excluding hydrogens is 527 g/mol. The van der Waals surface area contributed by atoms with Crippen molar-refractivity contribution < 1.29 is 27.9 Å². The third kappa shape index (κ3) is 9.71. The molecule has 4 aromatic rings. The number of carboxylic acids is 1. The van der Waals surface area contributed by atoms with Gasteiger partial charge in [-0.05, 0) is 35.7 Å². The van der Waals surface area contributed by atoms with E-state index in [1.807, 2.05) is 58.1 Å². The van der Waals surface area contributed by atoms with Gasteiger partial charge in [-0.3, -0.25) is 19.7 Å². The second-order valence-electron chi connectivity index (χ2n) is 7.49. The molecule has 0 unspecified atom stereocenters. The zero-order valence-corrected chi connectivity index (χ0v) is 20.9. The lowest BCUT2D eigenvalue weighted by Gasteiger charge is -2.21. The molecule has 13 heteroatoms. The van der Waals surface area contributed by atoms with E-state index in [9.17, 15) is 18.0 Å². The fourth-order valence-electron chi connectivity index (χ4n) is 2.96. The quantitative estimate of drug-likeness (QED) is 0.314. The van der Waals surface area contributed by atoms with Crippen molar-refractivity contribution in [3.63, 3.8) is 0 Å². The van der Waals surface area contributed by atoms with Gasteiger partial charge in [-0.15, -0.1) is 22.7 Å². The minimum atomic E-state index is -5.08. The predicted octanol–water partition coefficient (Wildman–Crippen LogP) is 4.61. The summed E-state index contributed by atoms with van der Waals surface area (Å²) in [4.78, 5) is 38.1. The van der Waals surface area contributed by atoms with E-state index >= 15 is 0 Å². The van der Waals surface area contributed by atoms with Gasteiger partial charge in [0, 0.05) is 30.9 Å². The highest BCUT2D eigenvalue weighted by Crippen LogP contribution is 2.27. The number of aliphatic carboxylic acids is 1. The number of thiophene rings is 1. The first kappa shape index (κ1) is 27.9. The Balaban J connectivity index is 0.000000479. The van der Waals surface area contributed by atoms with Gasteiger partial charge in [0.15, 0.2) is 0 Å². The van der Waals surface area contributed by atoms with Crippen LogP contribution in [0.25, 0.3) is 9.88 Å². The SMILES string of the molecule is O=C(CN(Cc1ccccn1)Cc1ccccn1)NCc1csc(-c2cccs2)n1.O=C(O)C(F)(F)F. The number of amides is 1. The van der Waals surface area contributed by atoms with E-state index < -0.39 is 12.1 Å². The largest absolute Gasteiger partial charge is 0.490 e. The normalized spacial score (nSPS) is 11.0. The van der Waals surface area contributed by atoms with E-state index in [0.29, 0.717) is 19.6 Å². The van der Waals surface area contributed by atoms with E-state index in [0.717, 1.165) is 27.0 Å². The van der Waals surface area contributed by atoms with Gasteiger partial charge >= 0.3 is 12.1 Å². The molecule has 8 nitrogen and oxygen atoms in total. The van der Waals surface area contributed by atoms with E-state index in [1.165, 1.54) is 0 Å². The van der Waals surface area contributed by atoms with Gasteiger partial charge in [0.25, 0.3) is 0 Å². The molecule has 4 heterocycles. The number of hydrogen-bond acceptors (Lipinski definition) is 8. The molecule has 0 aliphatic rings. The molecular formula is C24H22F3N5O3S2. The highest BCUT2D eigenvalue weighted by molar-refractivity contribution is 7.20. The summed E-state index contributed by atoms with van der Waals surface area (Å²) in [6.07, 6.45) is -1.55. The lowest BCUT2D eigenvalue weighted by atomic mass is 10.3. The second kappa shape index (κ2) is 13.6.